The lowest BCUT2D eigenvalue weighted by Gasteiger charge is -2.39. The van der Waals surface area contributed by atoms with Crippen molar-refractivity contribution < 1.29 is 4.74 Å². The fourth-order valence-electron chi connectivity index (χ4n) is 1.69. The molecule has 1 aromatic rings. The molecule has 4 nitrogen and oxygen atoms in total. The first-order valence-corrected chi connectivity index (χ1v) is 6.55. The van der Waals surface area contributed by atoms with E-state index in [4.69, 9.17) is 4.74 Å². The molecule has 1 atom stereocenters. The Balaban J connectivity index is 1.61. The second kappa shape index (κ2) is 5.23. The summed E-state index contributed by atoms with van der Waals surface area (Å²) in [5.74, 6) is 0. The van der Waals surface area contributed by atoms with Crippen molar-refractivity contribution in [2.75, 3.05) is 26.2 Å². The topological polar surface area (TPSA) is 46.2 Å². The maximum absolute atomic E-state index is 5.79. The van der Waals surface area contributed by atoms with Gasteiger partial charge in [0.25, 0.3) is 0 Å². The summed E-state index contributed by atoms with van der Waals surface area (Å²) in [5, 5.41) is 9.77. The van der Waals surface area contributed by atoms with E-state index >= 15 is 0 Å². The third-order valence-corrected chi connectivity index (χ3v) is 3.78. The van der Waals surface area contributed by atoms with Crippen molar-refractivity contribution in [3.05, 3.63) is 16.6 Å². The van der Waals surface area contributed by atoms with E-state index in [9.17, 15) is 0 Å². The number of hydrogen-bond acceptors (Lipinski definition) is 5. The summed E-state index contributed by atoms with van der Waals surface area (Å²) < 4.78 is 5.79. The highest BCUT2D eigenvalue weighted by molar-refractivity contribution is 7.09. The van der Waals surface area contributed by atoms with E-state index in [-0.39, 0.29) is 5.60 Å². The Labute approximate surface area is 100 Å². The average Bonchev–Trinajstić information content (AvgIpc) is 2.74. The van der Waals surface area contributed by atoms with Gasteiger partial charge in [-0.3, -0.25) is 0 Å². The van der Waals surface area contributed by atoms with Crippen LogP contribution in [0.5, 0.6) is 0 Å². The highest BCUT2D eigenvalue weighted by Crippen LogP contribution is 2.16. The normalized spacial score (nSPS) is 20.4. The number of nitrogens with one attached hydrogen (secondary N) is 2. The summed E-state index contributed by atoms with van der Waals surface area (Å²) in [6, 6.07) is 0.316. The van der Waals surface area contributed by atoms with Gasteiger partial charge in [0.2, 0.25) is 0 Å². The summed E-state index contributed by atoms with van der Waals surface area (Å²) in [4.78, 5) is 4.28. The van der Waals surface area contributed by atoms with Gasteiger partial charge in [0, 0.05) is 31.2 Å². The third-order valence-electron chi connectivity index (χ3n) is 2.82. The zero-order valence-electron chi connectivity index (χ0n) is 9.82. The minimum absolute atomic E-state index is 0.0616. The lowest BCUT2D eigenvalue weighted by Crippen LogP contribution is -2.59. The smallest absolute Gasteiger partial charge is 0.109 e. The molecule has 1 aliphatic rings. The second-order valence-corrected chi connectivity index (χ2v) is 5.37. The number of ether oxygens (including phenoxy) is 1. The van der Waals surface area contributed by atoms with Gasteiger partial charge in [-0.05, 0) is 13.8 Å². The first kappa shape index (κ1) is 12.0. The Morgan fingerprint density at radius 2 is 2.50 bits per heavy atom. The molecule has 1 fully saturated rings. The molecule has 0 bridgehead atoms. The van der Waals surface area contributed by atoms with Crippen LogP contribution < -0.4 is 10.6 Å². The molecule has 1 saturated heterocycles. The Bertz CT molecular complexity index is 311. The SMILES string of the molecule is CC(NCCOC1(C)CNC1)c1nccs1. The summed E-state index contributed by atoms with van der Waals surface area (Å²) in [6.07, 6.45) is 1.84. The van der Waals surface area contributed by atoms with E-state index in [2.05, 4.69) is 29.5 Å². The molecule has 0 radical (unpaired) electrons. The van der Waals surface area contributed by atoms with Gasteiger partial charge in [0.05, 0.1) is 18.2 Å². The molecule has 2 heterocycles. The summed E-state index contributed by atoms with van der Waals surface area (Å²) in [7, 11) is 0. The third kappa shape index (κ3) is 3.01. The van der Waals surface area contributed by atoms with Crippen molar-refractivity contribution in [1.29, 1.82) is 0 Å². The predicted octanol–water partition coefficient (Wildman–Crippen LogP) is 1.17. The van der Waals surface area contributed by atoms with Gasteiger partial charge >= 0.3 is 0 Å². The van der Waals surface area contributed by atoms with Crippen LogP contribution in [0.1, 0.15) is 24.9 Å². The van der Waals surface area contributed by atoms with Gasteiger partial charge in [-0.2, -0.15) is 0 Å². The molecule has 0 saturated carbocycles. The number of nitrogens with zero attached hydrogens (tertiary/aromatic N) is 1. The Morgan fingerprint density at radius 3 is 3.06 bits per heavy atom. The molecule has 2 rings (SSSR count). The zero-order valence-corrected chi connectivity index (χ0v) is 10.6. The molecule has 1 unspecified atom stereocenters. The van der Waals surface area contributed by atoms with Gasteiger partial charge in [-0.1, -0.05) is 0 Å². The van der Waals surface area contributed by atoms with Gasteiger partial charge in [-0.25, -0.2) is 4.98 Å². The molecular weight excluding hydrogens is 222 g/mol. The molecule has 0 spiro atoms. The van der Waals surface area contributed by atoms with Crippen LogP contribution in [0, 0.1) is 0 Å². The lowest BCUT2D eigenvalue weighted by molar-refractivity contribution is -0.0652. The van der Waals surface area contributed by atoms with Gasteiger partial charge < -0.3 is 15.4 Å². The highest BCUT2D eigenvalue weighted by atomic mass is 32.1. The van der Waals surface area contributed by atoms with Crippen molar-refractivity contribution in [3.8, 4) is 0 Å². The molecule has 2 N–H and O–H groups in total. The van der Waals surface area contributed by atoms with Crippen LogP contribution in [0.2, 0.25) is 0 Å². The fraction of sp³-hybridized carbons (Fsp3) is 0.727. The number of aromatic nitrogens is 1. The van der Waals surface area contributed by atoms with Gasteiger partial charge in [-0.15, -0.1) is 11.3 Å². The fourth-order valence-corrected chi connectivity index (χ4v) is 2.36. The van der Waals surface area contributed by atoms with Crippen LogP contribution >= 0.6 is 11.3 Å². The molecule has 1 aliphatic heterocycles. The molecule has 5 heteroatoms. The second-order valence-electron chi connectivity index (χ2n) is 4.45. The van der Waals surface area contributed by atoms with Crippen LogP contribution in [0.3, 0.4) is 0 Å². The maximum Gasteiger partial charge on any atom is 0.109 e. The minimum Gasteiger partial charge on any atom is -0.371 e. The van der Waals surface area contributed by atoms with E-state index in [1.165, 1.54) is 0 Å². The number of thiazole rings is 1. The lowest BCUT2D eigenvalue weighted by atomic mass is 10.0. The molecule has 90 valence electrons. The van der Waals surface area contributed by atoms with Crippen LogP contribution in [-0.2, 0) is 4.74 Å². The molecule has 0 aromatic carbocycles. The van der Waals surface area contributed by atoms with Crippen molar-refractivity contribution >= 4 is 11.3 Å². The van der Waals surface area contributed by atoms with Crippen LogP contribution in [0.15, 0.2) is 11.6 Å². The molecule has 0 aliphatic carbocycles. The van der Waals surface area contributed by atoms with Gasteiger partial charge in [0.1, 0.15) is 5.01 Å². The largest absolute Gasteiger partial charge is 0.371 e. The van der Waals surface area contributed by atoms with E-state index in [1.807, 2.05) is 11.6 Å². The summed E-state index contributed by atoms with van der Waals surface area (Å²) >= 11 is 1.69. The quantitative estimate of drug-likeness (QED) is 0.734. The van der Waals surface area contributed by atoms with Crippen molar-refractivity contribution in [3.63, 3.8) is 0 Å². The maximum atomic E-state index is 5.79. The van der Waals surface area contributed by atoms with Crippen LogP contribution in [-0.4, -0.2) is 36.8 Å². The highest BCUT2D eigenvalue weighted by Gasteiger charge is 2.32. The van der Waals surface area contributed by atoms with Gasteiger partial charge in [0.15, 0.2) is 0 Å². The Kier molecular flexibility index (Phi) is 3.91. The predicted molar refractivity (Wildman–Crippen MR) is 65.8 cm³/mol. The van der Waals surface area contributed by atoms with Crippen LogP contribution in [0.25, 0.3) is 0 Å². The van der Waals surface area contributed by atoms with E-state index in [0.717, 1.165) is 31.2 Å². The minimum atomic E-state index is 0.0616. The van der Waals surface area contributed by atoms with Crippen molar-refractivity contribution in [2.24, 2.45) is 0 Å². The average molecular weight is 241 g/mol. The zero-order chi connectivity index (χ0) is 11.4. The first-order chi connectivity index (χ1) is 7.70. The van der Waals surface area contributed by atoms with E-state index in [1.54, 1.807) is 11.3 Å². The first-order valence-electron chi connectivity index (χ1n) is 5.67. The van der Waals surface area contributed by atoms with E-state index in [0.29, 0.717) is 6.04 Å². The van der Waals surface area contributed by atoms with Crippen LogP contribution in [0.4, 0.5) is 0 Å². The molecule has 1 aromatic heterocycles. The summed E-state index contributed by atoms with van der Waals surface area (Å²) in [6.45, 7) is 7.84. The number of rotatable bonds is 6. The van der Waals surface area contributed by atoms with Crippen molar-refractivity contribution in [1.82, 2.24) is 15.6 Å². The standard InChI is InChI=1S/C11H19N3OS/c1-9(10-14-4-6-16-10)13-3-5-15-11(2)7-12-8-11/h4,6,9,12-13H,3,5,7-8H2,1-2H3. The molecule has 0 amide bonds. The monoisotopic (exact) mass is 241 g/mol. The Morgan fingerprint density at radius 1 is 1.69 bits per heavy atom. The Hall–Kier alpha value is -0.490. The van der Waals surface area contributed by atoms with Crippen molar-refractivity contribution in [2.45, 2.75) is 25.5 Å². The molecular formula is C11H19N3OS. The number of hydrogen-bond donors (Lipinski definition) is 2. The van der Waals surface area contributed by atoms with E-state index < -0.39 is 0 Å². The molecule has 16 heavy (non-hydrogen) atoms. The summed E-state index contributed by atoms with van der Waals surface area (Å²) in [5.41, 5.74) is 0.0616.